The van der Waals surface area contributed by atoms with Crippen LogP contribution in [0.3, 0.4) is 0 Å². The van der Waals surface area contributed by atoms with Gasteiger partial charge in [0.25, 0.3) is 0 Å². The third-order valence-corrected chi connectivity index (χ3v) is 4.20. The molecule has 2 nitrogen and oxygen atoms in total. The summed E-state index contributed by atoms with van der Waals surface area (Å²) in [5, 5.41) is 0. The first-order valence-corrected chi connectivity index (χ1v) is 6.91. The molecule has 2 rings (SSSR count). The molecule has 1 aromatic carbocycles. The normalized spacial score (nSPS) is 20.4. The number of alkyl halides is 3. The fourth-order valence-electron chi connectivity index (χ4n) is 2.98. The molecule has 1 aromatic rings. The third-order valence-electron chi connectivity index (χ3n) is 4.20. The lowest BCUT2D eigenvalue weighted by Gasteiger charge is -2.39. The molecule has 0 amide bonds. The Morgan fingerprint density at radius 1 is 1.20 bits per heavy atom. The van der Waals surface area contributed by atoms with Crippen LogP contribution in [0.15, 0.2) is 24.3 Å². The van der Waals surface area contributed by atoms with Crippen LogP contribution in [0.5, 0.6) is 5.75 Å². The minimum Gasteiger partial charge on any atom is -0.406 e. The molecule has 5 heteroatoms. The molecule has 1 atom stereocenters. The van der Waals surface area contributed by atoms with Crippen molar-refractivity contribution < 1.29 is 17.9 Å². The molecule has 1 unspecified atom stereocenters. The summed E-state index contributed by atoms with van der Waals surface area (Å²) in [4.78, 5) is 0. The van der Waals surface area contributed by atoms with Gasteiger partial charge in [-0.1, -0.05) is 38.3 Å². The molecule has 2 N–H and O–H groups in total. The lowest BCUT2D eigenvalue weighted by molar-refractivity contribution is -0.274. The maximum atomic E-state index is 12.3. The Hall–Kier alpha value is -1.23. The first-order chi connectivity index (χ1) is 9.30. The second-order valence-corrected chi connectivity index (χ2v) is 5.81. The molecule has 0 spiro atoms. The Labute approximate surface area is 117 Å². The Kier molecular flexibility index (Phi) is 4.28. The Bertz CT molecular complexity index is 453. The van der Waals surface area contributed by atoms with Crippen LogP contribution in [-0.4, -0.2) is 6.36 Å². The van der Waals surface area contributed by atoms with Crippen LogP contribution in [0, 0.1) is 5.41 Å². The van der Waals surface area contributed by atoms with Crippen LogP contribution in [-0.2, 0) is 0 Å². The monoisotopic (exact) mass is 287 g/mol. The number of halogens is 3. The molecule has 1 aliphatic carbocycles. The molecular formula is C15H20F3NO. The van der Waals surface area contributed by atoms with Gasteiger partial charge >= 0.3 is 6.36 Å². The van der Waals surface area contributed by atoms with E-state index in [1.54, 1.807) is 12.1 Å². The van der Waals surface area contributed by atoms with Crippen LogP contribution in [0.1, 0.15) is 50.6 Å². The maximum Gasteiger partial charge on any atom is 0.573 e. The molecule has 20 heavy (non-hydrogen) atoms. The summed E-state index contributed by atoms with van der Waals surface area (Å²) in [7, 11) is 0. The number of ether oxygens (including phenoxy) is 1. The first-order valence-electron chi connectivity index (χ1n) is 6.91. The van der Waals surface area contributed by atoms with E-state index in [1.165, 1.54) is 18.6 Å². The van der Waals surface area contributed by atoms with E-state index < -0.39 is 6.36 Å². The Morgan fingerprint density at radius 2 is 1.85 bits per heavy atom. The van der Waals surface area contributed by atoms with Crippen LogP contribution in [0.25, 0.3) is 0 Å². The van der Waals surface area contributed by atoms with Gasteiger partial charge in [0.05, 0.1) is 0 Å². The number of hydrogen-bond donors (Lipinski definition) is 1. The van der Waals surface area contributed by atoms with Gasteiger partial charge in [-0.3, -0.25) is 0 Å². The fraction of sp³-hybridized carbons (Fsp3) is 0.600. The van der Waals surface area contributed by atoms with Crippen LogP contribution in [0.2, 0.25) is 0 Å². The number of nitrogens with two attached hydrogens (primary N) is 1. The van der Waals surface area contributed by atoms with E-state index in [1.807, 2.05) is 0 Å². The Morgan fingerprint density at radius 3 is 2.45 bits per heavy atom. The smallest absolute Gasteiger partial charge is 0.406 e. The highest BCUT2D eigenvalue weighted by Crippen LogP contribution is 2.44. The van der Waals surface area contributed by atoms with E-state index >= 15 is 0 Å². The predicted octanol–water partition coefficient (Wildman–Crippen LogP) is 4.56. The highest BCUT2D eigenvalue weighted by Gasteiger charge is 2.35. The molecule has 0 radical (unpaired) electrons. The zero-order valence-electron chi connectivity index (χ0n) is 11.5. The summed E-state index contributed by atoms with van der Waals surface area (Å²) < 4.78 is 40.7. The van der Waals surface area contributed by atoms with Gasteiger partial charge < -0.3 is 10.5 Å². The molecule has 112 valence electrons. The van der Waals surface area contributed by atoms with Gasteiger partial charge in [0.1, 0.15) is 5.75 Å². The van der Waals surface area contributed by atoms with Gasteiger partial charge in [-0.25, -0.2) is 0 Å². The van der Waals surface area contributed by atoms with Crippen molar-refractivity contribution in [3.05, 3.63) is 29.8 Å². The SMILES string of the molecule is CC1(C(N)c2cccc(OC(F)(F)F)c2)CCCCC1. The highest BCUT2D eigenvalue weighted by molar-refractivity contribution is 5.31. The average molecular weight is 287 g/mol. The van der Waals surface area contributed by atoms with E-state index in [4.69, 9.17) is 5.73 Å². The summed E-state index contributed by atoms with van der Waals surface area (Å²) in [5.41, 5.74) is 6.96. The van der Waals surface area contributed by atoms with E-state index in [-0.39, 0.29) is 17.2 Å². The second-order valence-electron chi connectivity index (χ2n) is 5.81. The van der Waals surface area contributed by atoms with Crippen LogP contribution < -0.4 is 10.5 Å². The van der Waals surface area contributed by atoms with Gasteiger partial charge in [-0.15, -0.1) is 13.2 Å². The second kappa shape index (κ2) is 5.64. The van der Waals surface area contributed by atoms with Crippen LogP contribution in [0.4, 0.5) is 13.2 Å². The van der Waals surface area contributed by atoms with Crippen molar-refractivity contribution in [2.45, 2.75) is 51.4 Å². The van der Waals surface area contributed by atoms with Crippen molar-refractivity contribution in [3.8, 4) is 5.75 Å². The Balaban J connectivity index is 2.17. The standard InChI is InChI=1S/C15H20F3NO/c1-14(8-3-2-4-9-14)13(19)11-6-5-7-12(10-11)20-15(16,17)18/h5-7,10,13H,2-4,8-9,19H2,1H3. The maximum absolute atomic E-state index is 12.3. The summed E-state index contributed by atoms with van der Waals surface area (Å²) in [5.74, 6) is -0.204. The zero-order chi connectivity index (χ0) is 14.8. The van der Waals surface area contributed by atoms with Gasteiger partial charge in [0.2, 0.25) is 0 Å². The fourth-order valence-corrected chi connectivity index (χ4v) is 2.98. The summed E-state index contributed by atoms with van der Waals surface area (Å²) in [6.45, 7) is 2.12. The summed E-state index contributed by atoms with van der Waals surface area (Å²) in [6.07, 6.45) is 0.819. The van der Waals surface area contributed by atoms with Gasteiger partial charge in [0.15, 0.2) is 0 Å². The van der Waals surface area contributed by atoms with E-state index in [0.717, 1.165) is 25.7 Å². The van der Waals surface area contributed by atoms with Gasteiger partial charge in [-0.05, 0) is 36.0 Å². The minimum atomic E-state index is -4.67. The van der Waals surface area contributed by atoms with Crippen molar-refractivity contribution in [3.63, 3.8) is 0 Å². The van der Waals surface area contributed by atoms with Crippen molar-refractivity contribution >= 4 is 0 Å². The lowest BCUT2D eigenvalue weighted by Crippen LogP contribution is -2.33. The van der Waals surface area contributed by atoms with E-state index in [0.29, 0.717) is 5.56 Å². The number of hydrogen-bond acceptors (Lipinski definition) is 2. The predicted molar refractivity (Wildman–Crippen MR) is 71.2 cm³/mol. The topological polar surface area (TPSA) is 35.2 Å². The van der Waals surface area contributed by atoms with Crippen LogP contribution >= 0.6 is 0 Å². The number of rotatable bonds is 3. The summed E-state index contributed by atoms with van der Waals surface area (Å²) >= 11 is 0. The van der Waals surface area contributed by atoms with Crippen molar-refractivity contribution in [1.82, 2.24) is 0 Å². The molecule has 0 aromatic heterocycles. The molecule has 0 heterocycles. The van der Waals surface area contributed by atoms with E-state index in [9.17, 15) is 13.2 Å². The molecule has 0 aliphatic heterocycles. The molecule has 1 saturated carbocycles. The van der Waals surface area contributed by atoms with Crippen molar-refractivity contribution in [1.29, 1.82) is 0 Å². The molecule has 0 saturated heterocycles. The molecule has 1 aliphatic rings. The highest BCUT2D eigenvalue weighted by atomic mass is 19.4. The first kappa shape index (κ1) is 15.2. The number of benzene rings is 1. The quantitative estimate of drug-likeness (QED) is 0.884. The minimum absolute atomic E-state index is 0.0465. The van der Waals surface area contributed by atoms with Gasteiger partial charge in [0, 0.05) is 6.04 Å². The van der Waals surface area contributed by atoms with Gasteiger partial charge in [-0.2, -0.15) is 0 Å². The third kappa shape index (κ3) is 3.66. The lowest BCUT2D eigenvalue weighted by atomic mass is 9.69. The molecule has 0 bridgehead atoms. The molecular weight excluding hydrogens is 267 g/mol. The molecule has 1 fully saturated rings. The van der Waals surface area contributed by atoms with Crippen molar-refractivity contribution in [2.75, 3.05) is 0 Å². The van der Waals surface area contributed by atoms with Crippen molar-refractivity contribution in [2.24, 2.45) is 11.1 Å². The van der Waals surface area contributed by atoms with E-state index in [2.05, 4.69) is 11.7 Å². The average Bonchev–Trinajstić information content (AvgIpc) is 2.37. The zero-order valence-corrected chi connectivity index (χ0v) is 11.5. The largest absolute Gasteiger partial charge is 0.573 e. The summed E-state index contributed by atoms with van der Waals surface area (Å²) in [6, 6.07) is 5.76.